The molecule has 0 saturated carbocycles. The van der Waals surface area contributed by atoms with Crippen molar-refractivity contribution in [2.45, 2.75) is 46.6 Å². The van der Waals surface area contributed by atoms with Gasteiger partial charge >= 0.3 is 0 Å². The maximum absolute atomic E-state index is 2.39. The molecule has 26 heavy (non-hydrogen) atoms. The van der Waals surface area contributed by atoms with Crippen molar-refractivity contribution < 1.29 is 0 Å². The Morgan fingerprint density at radius 2 is 0.846 bits per heavy atom. The minimum absolute atomic E-state index is 1.23. The molecule has 0 radical (unpaired) electrons. The molecule has 3 aromatic carbocycles. The van der Waals surface area contributed by atoms with E-state index >= 15 is 0 Å². The van der Waals surface area contributed by atoms with Crippen molar-refractivity contribution in [3.8, 4) is 0 Å². The molecule has 0 unspecified atom stereocenters. The number of hydrogen-bond acceptors (Lipinski definition) is 0. The molecule has 0 nitrogen and oxygen atoms in total. The standard InChI is InChI=1S/C25H30Si/c1-5-6-19-26(23-13-7-20(2)8-14-23,24-15-9-21(3)10-16-24)25-17-11-22(4)12-18-25/h7-18H,5-6,19H2,1-4H3. The van der Waals surface area contributed by atoms with Crippen LogP contribution in [0.5, 0.6) is 0 Å². The van der Waals surface area contributed by atoms with E-state index in [-0.39, 0.29) is 0 Å². The van der Waals surface area contributed by atoms with Crippen LogP contribution in [-0.2, 0) is 0 Å². The smallest absolute Gasteiger partial charge is 0.0654 e. The van der Waals surface area contributed by atoms with E-state index in [4.69, 9.17) is 0 Å². The zero-order chi connectivity index (χ0) is 18.6. The van der Waals surface area contributed by atoms with E-state index in [2.05, 4.69) is 100 Å². The fourth-order valence-corrected chi connectivity index (χ4v) is 8.85. The Morgan fingerprint density at radius 3 is 1.12 bits per heavy atom. The molecule has 0 fully saturated rings. The first kappa shape index (κ1) is 18.7. The van der Waals surface area contributed by atoms with Crippen molar-refractivity contribution in [2.75, 3.05) is 0 Å². The lowest BCUT2D eigenvalue weighted by molar-refractivity contribution is 0.874. The third kappa shape index (κ3) is 3.68. The zero-order valence-corrected chi connectivity index (χ0v) is 17.5. The first-order chi connectivity index (χ1) is 12.6. The van der Waals surface area contributed by atoms with E-state index in [0.717, 1.165) is 0 Å². The normalized spacial score (nSPS) is 11.5. The Labute approximate surface area is 159 Å². The SMILES string of the molecule is CCCC[Si](c1ccc(C)cc1)(c1ccc(C)cc1)c1ccc(C)cc1. The molecular formula is C25H30Si. The molecule has 0 aliphatic rings. The third-order valence-electron chi connectivity index (χ3n) is 5.54. The first-order valence-electron chi connectivity index (χ1n) is 9.77. The summed E-state index contributed by atoms with van der Waals surface area (Å²) in [5.41, 5.74) is 4.00. The Bertz CT molecular complexity index is 716. The van der Waals surface area contributed by atoms with Crippen molar-refractivity contribution in [3.05, 3.63) is 89.5 Å². The molecule has 1 heteroatoms. The van der Waals surface area contributed by atoms with Gasteiger partial charge in [-0.15, -0.1) is 0 Å². The molecule has 3 aromatic rings. The molecule has 0 N–H and O–H groups in total. The summed E-state index contributed by atoms with van der Waals surface area (Å²) >= 11 is 0. The number of hydrogen-bond donors (Lipinski definition) is 0. The molecule has 0 aliphatic heterocycles. The fraction of sp³-hybridized carbons (Fsp3) is 0.280. The quantitative estimate of drug-likeness (QED) is 0.435. The van der Waals surface area contributed by atoms with Gasteiger partial charge in [0.1, 0.15) is 8.07 Å². The van der Waals surface area contributed by atoms with Crippen LogP contribution in [0.1, 0.15) is 36.5 Å². The van der Waals surface area contributed by atoms with E-state index in [1.165, 1.54) is 51.1 Å². The lowest BCUT2D eigenvalue weighted by Crippen LogP contribution is -2.67. The fourth-order valence-electron chi connectivity index (χ4n) is 3.89. The van der Waals surface area contributed by atoms with Crippen LogP contribution in [0.25, 0.3) is 0 Å². The van der Waals surface area contributed by atoms with Crippen molar-refractivity contribution in [1.29, 1.82) is 0 Å². The van der Waals surface area contributed by atoms with Crippen molar-refractivity contribution >= 4 is 23.6 Å². The van der Waals surface area contributed by atoms with Gasteiger partial charge in [-0.2, -0.15) is 0 Å². The highest BCUT2D eigenvalue weighted by molar-refractivity contribution is 7.11. The summed E-state index contributed by atoms with van der Waals surface area (Å²) in [6, 6.07) is 29.3. The highest BCUT2D eigenvalue weighted by Gasteiger charge is 2.38. The minimum atomic E-state index is -2.01. The van der Waals surface area contributed by atoms with Crippen LogP contribution in [0.2, 0.25) is 6.04 Å². The molecule has 134 valence electrons. The molecule has 0 amide bonds. The number of aryl methyl sites for hydroxylation is 3. The molecule has 0 bridgehead atoms. The third-order valence-corrected chi connectivity index (χ3v) is 10.6. The summed E-state index contributed by atoms with van der Waals surface area (Å²) in [7, 11) is -2.01. The average molecular weight is 359 g/mol. The lowest BCUT2D eigenvalue weighted by Gasteiger charge is -2.34. The second kappa shape index (κ2) is 8.05. The maximum Gasteiger partial charge on any atom is 0.148 e. The molecule has 0 atom stereocenters. The molecule has 0 aromatic heterocycles. The van der Waals surface area contributed by atoms with Crippen LogP contribution in [0.15, 0.2) is 72.8 Å². The van der Waals surface area contributed by atoms with Gasteiger partial charge in [0.25, 0.3) is 0 Å². The van der Waals surface area contributed by atoms with Crippen molar-refractivity contribution in [3.63, 3.8) is 0 Å². The Kier molecular flexibility index (Phi) is 5.78. The second-order valence-corrected chi connectivity index (χ2v) is 11.6. The van der Waals surface area contributed by atoms with Gasteiger partial charge in [-0.05, 0) is 42.4 Å². The Morgan fingerprint density at radius 1 is 0.538 bits per heavy atom. The van der Waals surface area contributed by atoms with Crippen LogP contribution in [-0.4, -0.2) is 8.07 Å². The monoisotopic (exact) mass is 358 g/mol. The van der Waals surface area contributed by atoms with Crippen molar-refractivity contribution in [1.82, 2.24) is 0 Å². The van der Waals surface area contributed by atoms with E-state index in [1.807, 2.05) is 0 Å². The first-order valence-corrected chi connectivity index (χ1v) is 12.0. The summed E-state index contributed by atoms with van der Waals surface area (Å²) in [4.78, 5) is 0. The van der Waals surface area contributed by atoms with Crippen LogP contribution in [0.4, 0.5) is 0 Å². The highest BCUT2D eigenvalue weighted by atomic mass is 28.3. The largest absolute Gasteiger partial charge is 0.148 e. The average Bonchev–Trinajstić information content (AvgIpc) is 2.66. The maximum atomic E-state index is 2.39. The van der Waals surface area contributed by atoms with Crippen LogP contribution in [0, 0.1) is 20.8 Å². The van der Waals surface area contributed by atoms with E-state index in [0.29, 0.717) is 0 Å². The van der Waals surface area contributed by atoms with Gasteiger partial charge in [0.05, 0.1) is 0 Å². The molecule has 0 aliphatic carbocycles. The summed E-state index contributed by atoms with van der Waals surface area (Å²) in [5.74, 6) is 0. The summed E-state index contributed by atoms with van der Waals surface area (Å²) in [5, 5.41) is 4.60. The minimum Gasteiger partial charge on any atom is -0.0654 e. The van der Waals surface area contributed by atoms with Crippen LogP contribution >= 0.6 is 0 Å². The summed E-state index contributed by atoms with van der Waals surface area (Å²) < 4.78 is 0. The molecule has 3 rings (SSSR count). The van der Waals surface area contributed by atoms with Gasteiger partial charge in [0, 0.05) is 0 Å². The van der Waals surface area contributed by atoms with Gasteiger partial charge in [0.15, 0.2) is 0 Å². The summed E-state index contributed by atoms with van der Waals surface area (Å²) in [6.07, 6.45) is 2.50. The Hall–Kier alpha value is -2.12. The molecule has 0 saturated heterocycles. The van der Waals surface area contributed by atoms with Gasteiger partial charge in [-0.1, -0.05) is 109 Å². The summed E-state index contributed by atoms with van der Waals surface area (Å²) in [6.45, 7) is 8.84. The number of unbranched alkanes of at least 4 members (excludes halogenated alkanes) is 1. The molecular weight excluding hydrogens is 328 g/mol. The number of benzene rings is 3. The van der Waals surface area contributed by atoms with Gasteiger partial charge in [0.2, 0.25) is 0 Å². The number of rotatable bonds is 6. The molecule has 0 heterocycles. The van der Waals surface area contributed by atoms with E-state index in [9.17, 15) is 0 Å². The van der Waals surface area contributed by atoms with E-state index in [1.54, 1.807) is 0 Å². The second-order valence-electron chi connectivity index (χ2n) is 7.61. The highest BCUT2D eigenvalue weighted by Crippen LogP contribution is 2.17. The zero-order valence-electron chi connectivity index (χ0n) is 16.5. The van der Waals surface area contributed by atoms with Crippen molar-refractivity contribution in [2.24, 2.45) is 0 Å². The van der Waals surface area contributed by atoms with Gasteiger partial charge in [-0.25, -0.2) is 0 Å². The predicted octanol–water partition coefficient (Wildman–Crippen LogP) is 4.88. The predicted molar refractivity (Wildman–Crippen MR) is 118 cm³/mol. The topological polar surface area (TPSA) is 0 Å². The Balaban J connectivity index is 2.27. The van der Waals surface area contributed by atoms with Gasteiger partial charge < -0.3 is 0 Å². The lowest BCUT2D eigenvalue weighted by atomic mass is 10.2. The van der Waals surface area contributed by atoms with Crippen LogP contribution in [0.3, 0.4) is 0 Å². The molecule has 0 spiro atoms. The van der Waals surface area contributed by atoms with Crippen LogP contribution < -0.4 is 15.6 Å². The van der Waals surface area contributed by atoms with Gasteiger partial charge in [-0.3, -0.25) is 0 Å². The van der Waals surface area contributed by atoms with E-state index < -0.39 is 8.07 Å².